The van der Waals surface area contributed by atoms with Gasteiger partial charge in [-0.05, 0) is 38.0 Å². The van der Waals surface area contributed by atoms with Crippen molar-refractivity contribution in [3.8, 4) is 5.75 Å². The quantitative estimate of drug-likeness (QED) is 0.865. The van der Waals surface area contributed by atoms with Crippen LogP contribution in [-0.2, 0) is 16.1 Å². The Balaban J connectivity index is 1.90. The lowest BCUT2D eigenvalue weighted by Gasteiger charge is -2.13. The first-order valence-electron chi connectivity index (χ1n) is 6.98. The number of ether oxygens (including phenoxy) is 1. The molecule has 0 spiro atoms. The smallest absolute Gasteiger partial charge is 0.242 e. The van der Waals surface area contributed by atoms with E-state index in [1.807, 2.05) is 13.8 Å². The van der Waals surface area contributed by atoms with Gasteiger partial charge in [0, 0.05) is 13.0 Å². The molecule has 2 N–H and O–H groups in total. The lowest BCUT2D eigenvalue weighted by atomic mass is 10.2. The van der Waals surface area contributed by atoms with E-state index in [-0.39, 0.29) is 30.2 Å². The van der Waals surface area contributed by atoms with Gasteiger partial charge in [-0.2, -0.15) is 0 Å². The Hall–Kier alpha value is -2.11. The number of benzene rings is 1. The van der Waals surface area contributed by atoms with Gasteiger partial charge in [0.1, 0.15) is 6.04 Å². The van der Waals surface area contributed by atoms with Crippen LogP contribution in [0.4, 0.5) is 4.39 Å². The summed E-state index contributed by atoms with van der Waals surface area (Å²) >= 11 is 0. The molecule has 0 aliphatic carbocycles. The second-order valence-corrected chi connectivity index (χ2v) is 5.31. The van der Waals surface area contributed by atoms with Crippen LogP contribution in [-0.4, -0.2) is 24.0 Å². The summed E-state index contributed by atoms with van der Waals surface area (Å²) in [7, 11) is 0. The first kappa shape index (κ1) is 15.3. The molecule has 6 heteroatoms. The molecular formula is C15H19FN2O3. The fraction of sp³-hybridized carbons (Fsp3) is 0.467. The van der Waals surface area contributed by atoms with Gasteiger partial charge in [0.25, 0.3) is 0 Å². The highest BCUT2D eigenvalue weighted by atomic mass is 19.1. The Morgan fingerprint density at radius 3 is 2.86 bits per heavy atom. The minimum atomic E-state index is -0.481. The molecule has 0 unspecified atom stereocenters. The van der Waals surface area contributed by atoms with Gasteiger partial charge in [-0.15, -0.1) is 0 Å². The molecule has 0 saturated carbocycles. The number of nitrogens with one attached hydrogen (secondary N) is 2. The molecule has 1 aromatic rings. The standard InChI is InChI=1S/C15H19FN2O3/c1-9(2)21-13-5-3-10(7-11(13)16)8-17-15(20)12-4-6-14(19)18-12/h3,5,7,9,12H,4,6,8H2,1-2H3,(H,17,20)(H,18,19)/t12-/m1/s1. The van der Waals surface area contributed by atoms with E-state index in [9.17, 15) is 14.0 Å². The number of rotatable bonds is 5. The predicted molar refractivity (Wildman–Crippen MR) is 75.2 cm³/mol. The molecule has 0 bridgehead atoms. The number of carbonyl (C=O) groups is 2. The number of halogens is 1. The van der Waals surface area contributed by atoms with E-state index in [1.165, 1.54) is 6.07 Å². The molecule has 0 aromatic heterocycles. The largest absolute Gasteiger partial charge is 0.488 e. The molecule has 1 heterocycles. The molecule has 1 aliphatic rings. The second-order valence-electron chi connectivity index (χ2n) is 5.31. The zero-order valence-electron chi connectivity index (χ0n) is 12.1. The highest BCUT2D eigenvalue weighted by Gasteiger charge is 2.26. The summed E-state index contributed by atoms with van der Waals surface area (Å²) in [6.45, 7) is 3.86. The fourth-order valence-electron chi connectivity index (χ4n) is 2.13. The van der Waals surface area contributed by atoms with Crippen molar-refractivity contribution in [2.45, 2.75) is 45.4 Å². The van der Waals surface area contributed by atoms with Gasteiger partial charge in [-0.3, -0.25) is 9.59 Å². The Bertz CT molecular complexity index is 546. The maximum Gasteiger partial charge on any atom is 0.242 e. The van der Waals surface area contributed by atoms with Crippen LogP contribution in [0.15, 0.2) is 18.2 Å². The van der Waals surface area contributed by atoms with Crippen molar-refractivity contribution in [3.05, 3.63) is 29.6 Å². The summed E-state index contributed by atoms with van der Waals surface area (Å²) in [5.41, 5.74) is 0.640. The molecule has 1 fully saturated rings. The van der Waals surface area contributed by atoms with Gasteiger partial charge < -0.3 is 15.4 Å². The topological polar surface area (TPSA) is 67.4 Å². The van der Waals surface area contributed by atoms with E-state index < -0.39 is 11.9 Å². The molecule has 0 radical (unpaired) electrons. The third kappa shape index (κ3) is 4.18. The minimum Gasteiger partial charge on any atom is -0.488 e. The Kier molecular flexibility index (Phi) is 4.77. The average molecular weight is 294 g/mol. The third-order valence-corrected chi connectivity index (χ3v) is 3.14. The van der Waals surface area contributed by atoms with Gasteiger partial charge in [0.15, 0.2) is 11.6 Å². The summed E-state index contributed by atoms with van der Waals surface area (Å²) in [4.78, 5) is 22.9. The lowest BCUT2D eigenvalue weighted by molar-refractivity contribution is -0.125. The van der Waals surface area contributed by atoms with Crippen LogP contribution in [0.5, 0.6) is 5.75 Å². The van der Waals surface area contributed by atoms with E-state index in [2.05, 4.69) is 10.6 Å². The summed E-state index contributed by atoms with van der Waals surface area (Å²) in [6.07, 6.45) is 0.768. The molecule has 21 heavy (non-hydrogen) atoms. The minimum absolute atomic E-state index is 0.101. The normalized spacial score (nSPS) is 17.7. The molecule has 2 rings (SSSR count). The van der Waals surface area contributed by atoms with E-state index in [1.54, 1.807) is 12.1 Å². The van der Waals surface area contributed by atoms with Crippen molar-refractivity contribution in [1.29, 1.82) is 0 Å². The van der Waals surface area contributed by atoms with Gasteiger partial charge >= 0.3 is 0 Å². The van der Waals surface area contributed by atoms with Gasteiger partial charge in [0.2, 0.25) is 11.8 Å². The van der Waals surface area contributed by atoms with Crippen LogP contribution in [0.1, 0.15) is 32.3 Å². The van der Waals surface area contributed by atoms with Crippen LogP contribution in [0.3, 0.4) is 0 Å². The van der Waals surface area contributed by atoms with E-state index >= 15 is 0 Å². The van der Waals surface area contributed by atoms with Crippen molar-refractivity contribution in [1.82, 2.24) is 10.6 Å². The highest BCUT2D eigenvalue weighted by molar-refractivity contribution is 5.90. The van der Waals surface area contributed by atoms with Crippen molar-refractivity contribution in [2.24, 2.45) is 0 Å². The van der Waals surface area contributed by atoms with E-state index in [4.69, 9.17) is 4.74 Å². The monoisotopic (exact) mass is 294 g/mol. The van der Waals surface area contributed by atoms with Crippen LogP contribution in [0.2, 0.25) is 0 Å². The van der Waals surface area contributed by atoms with Crippen molar-refractivity contribution in [3.63, 3.8) is 0 Å². The summed E-state index contributed by atoms with van der Waals surface area (Å²) in [6, 6.07) is 4.11. The zero-order chi connectivity index (χ0) is 15.4. The Morgan fingerprint density at radius 1 is 1.52 bits per heavy atom. The fourth-order valence-corrected chi connectivity index (χ4v) is 2.13. The Labute approximate surface area is 122 Å². The number of hydrogen-bond acceptors (Lipinski definition) is 3. The Morgan fingerprint density at radius 2 is 2.29 bits per heavy atom. The SMILES string of the molecule is CC(C)Oc1ccc(CNC(=O)[C@H]2CCC(=O)N2)cc1F. The maximum atomic E-state index is 13.8. The number of carbonyl (C=O) groups excluding carboxylic acids is 2. The highest BCUT2D eigenvalue weighted by Crippen LogP contribution is 2.19. The van der Waals surface area contributed by atoms with Gasteiger partial charge in [-0.25, -0.2) is 4.39 Å². The first-order valence-corrected chi connectivity index (χ1v) is 6.98. The molecule has 114 valence electrons. The zero-order valence-corrected chi connectivity index (χ0v) is 12.1. The molecule has 2 amide bonds. The van der Waals surface area contributed by atoms with Crippen LogP contribution in [0.25, 0.3) is 0 Å². The maximum absolute atomic E-state index is 13.8. The lowest BCUT2D eigenvalue weighted by Crippen LogP contribution is -2.41. The molecule has 1 aliphatic heterocycles. The van der Waals surface area contributed by atoms with Gasteiger partial charge in [0.05, 0.1) is 6.10 Å². The first-order chi connectivity index (χ1) is 9.95. The van der Waals surface area contributed by atoms with Crippen molar-refractivity contribution < 1.29 is 18.7 Å². The molecule has 5 nitrogen and oxygen atoms in total. The molecule has 1 aromatic carbocycles. The van der Waals surface area contributed by atoms with Crippen LogP contribution >= 0.6 is 0 Å². The second kappa shape index (κ2) is 6.56. The van der Waals surface area contributed by atoms with Crippen molar-refractivity contribution in [2.75, 3.05) is 0 Å². The van der Waals surface area contributed by atoms with Crippen LogP contribution < -0.4 is 15.4 Å². The summed E-state index contributed by atoms with van der Waals surface area (Å²) < 4.78 is 19.1. The van der Waals surface area contributed by atoms with Gasteiger partial charge in [-0.1, -0.05) is 6.07 Å². The molecular weight excluding hydrogens is 275 g/mol. The third-order valence-electron chi connectivity index (χ3n) is 3.14. The molecule has 1 saturated heterocycles. The summed E-state index contributed by atoms with van der Waals surface area (Å²) in [5.74, 6) is -0.618. The average Bonchev–Trinajstić information content (AvgIpc) is 2.85. The van der Waals surface area contributed by atoms with E-state index in [0.29, 0.717) is 18.4 Å². The summed E-state index contributed by atoms with van der Waals surface area (Å²) in [5, 5.41) is 5.27. The predicted octanol–water partition coefficient (Wildman–Crippen LogP) is 1.51. The van der Waals surface area contributed by atoms with Crippen LogP contribution in [0, 0.1) is 5.82 Å². The number of hydrogen-bond donors (Lipinski definition) is 2. The van der Waals surface area contributed by atoms with Crippen molar-refractivity contribution >= 4 is 11.8 Å². The van der Waals surface area contributed by atoms with E-state index in [0.717, 1.165) is 0 Å². The molecule has 1 atom stereocenters. The number of amides is 2.